The van der Waals surface area contributed by atoms with E-state index in [2.05, 4.69) is 33.6 Å². The number of hydrogen-bond donors (Lipinski definition) is 2. The summed E-state index contributed by atoms with van der Waals surface area (Å²) in [6.07, 6.45) is -4.45. The highest BCUT2D eigenvalue weighted by molar-refractivity contribution is 5.46. The van der Waals surface area contributed by atoms with Crippen LogP contribution in [0.25, 0.3) is 0 Å². The molecule has 2 aliphatic rings. The molecule has 0 radical (unpaired) electrons. The van der Waals surface area contributed by atoms with Crippen molar-refractivity contribution in [2.75, 3.05) is 17.6 Å². The average molecular weight is 406 g/mol. The third-order valence-corrected chi connectivity index (χ3v) is 5.58. The van der Waals surface area contributed by atoms with Crippen LogP contribution in [0.3, 0.4) is 0 Å². The summed E-state index contributed by atoms with van der Waals surface area (Å²) in [5.41, 5.74) is 8.29. The average Bonchev–Trinajstić information content (AvgIpc) is 3.26. The molecule has 0 unspecified atom stereocenters. The molecule has 6 nitrogen and oxygen atoms in total. The number of alkyl halides is 3. The van der Waals surface area contributed by atoms with Crippen LogP contribution in [0.4, 0.5) is 24.8 Å². The number of nitrogens with zero attached hydrogens (tertiary/aromatic N) is 4. The van der Waals surface area contributed by atoms with E-state index in [1.54, 1.807) is 13.0 Å². The van der Waals surface area contributed by atoms with E-state index in [1.165, 1.54) is 5.69 Å². The van der Waals surface area contributed by atoms with Crippen LogP contribution in [-0.2, 0) is 25.8 Å². The van der Waals surface area contributed by atoms with Gasteiger partial charge in [0.25, 0.3) is 0 Å². The predicted molar refractivity (Wildman–Crippen MR) is 105 cm³/mol. The number of nitrogens with one attached hydrogen (secondary N) is 1. The van der Waals surface area contributed by atoms with Gasteiger partial charge < -0.3 is 15.6 Å². The number of fused-ring (bicyclic) bond motifs is 3. The highest BCUT2D eigenvalue weighted by Crippen LogP contribution is 2.33. The SMILES string of the molecule is CC(C)N1Cc2c(n3c(nc2=N[C@H](C)c2cc(N)cc(C(F)(F)F)c2)NCC3)C1. The van der Waals surface area contributed by atoms with Crippen LogP contribution in [0.2, 0.25) is 0 Å². The van der Waals surface area contributed by atoms with Gasteiger partial charge in [0.2, 0.25) is 5.95 Å². The molecule has 1 aromatic carbocycles. The van der Waals surface area contributed by atoms with Gasteiger partial charge in [-0.05, 0) is 44.5 Å². The lowest BCUT2D eigenvalue weighted by atomic mass is 10.0. The molecule has 0 amide bonds. The van der Waals surface area contributed by atoms with Crippen LogP contribution in [0, 0.1) is 0 Å². The summed E-state index contributed by atoms with van der Waals surface area (Å²) in [4.78, 5) is 11.7. The van der Waals surface area contributed by atoms with Gasteiger partial charge in [0.1, 0.15) is 0 Å². The molecule has 9 heteroatoms. The maximum atomic E-state index is 13.2. The molecule has 29 heavy (non-hydrogen) atoms. The number of nitrogen functional groups attached to an aromatic ring is 1. The van der Waals surface area contributed by atoms with Crippen molar-refractivity contribution in [1.82, 2.24) is 14.5 Å². The minimum Gasteiger partial charge on any atom is -0.399 e. The highest BCUT2D eigenvalue weighted by atomic mass is 19.4. The summed E-state index contributed by atoms with van der Waals surface area (Å²) in [6.45, 7) is 9.28. The van der Waals surface area contributed by atoms with E-state index in [-0.39, 0.29) is 5.69 Å². The molecule has 0 aliphatic carbocycles. The Morgan fingerprint density at radius 1 is 1.17 bits per heavy atom. The van der Waals surface area contributed by atoms with Crippen molar-refractivity contribution in [1.29, 1.82) is 0 Å². The molecular weight excluding hydrogens is 381 g/mol. The van der Waals surface area contributed by atoms with Gasteiger partial charge >= 0.3 is 6.18 Å². The molecule has 1 aromatic heterocycles. The van der Waals surface area contributed by atoms with E-state index in [0.29, 0.717) is 17.1 Å². The zero-order valence-electron chi connectivity index (χ0n) is 16.7. The van der Waals surface area contributed by atoms with Gasteiger partial charge in [-0.15, -0.1) is 0 Å². The summed E-state index contributed by atoms with van der Waals surface area (Å²) in [5.74, 6) is 0.767. The van der Waals surface area contributed by atoms with Gasteiger partial charge in [0.05, 0.1) is 11.6 Å². The fraction of sp³-hybridized carbons (Fsp3) is 0.500. The number of rotatable bonds is 3. The number of halogens is 3. The van der Waals surface area contributed by atoms with Crippen molar-refractivity contribution in [3.63, 3.8) is 0 Å². The van der Waals surface area contributed by atoms with Gasteiger partial charge in [0.15, 0.2) is 5.49 Å². The summed E-state index contributed by atoms with van der Waals surface area (Å²) in [6, 6.07) is 3.48. The minimum atomic E-state index is -4.45. The monoisotopic (exact) mass is 406 g/mol. The first-order chi connectivity index (χ1) is 13.6. The molecule has 0 bridgehead atoms. The Morgan fingerprint density at radius 3 is 2.62 bits per heavy atom. The normalized spacial score (nSPS) is 18.1. The second kappa shape index (κ2) is 7.05. The highest BCUT2D eigenvalue weighted by Gasteiger charge is 2.32. The van der Waals surface area contributed by atoms with Crippen molar-refractivity contribution in [3.05, 3.63) is 46.1 Å². The first kappa shape index (κ1) is 19.8. The second-order valence-electron chi connectivity index (χ2n) is 7.95. The standard InChI is InChI=1S/C20H25F3N6/c1-11(2)28-9-16-17(10-28)29-5-4-25-19(29)27-18(16)26-12(3)13-6-14(20(21,22)23)8-15(24)7-13/h6-8,11-12H,4-5,9-10,24H2,1-3H3,(H,25,26,27)/t12-/m1/s1. The molecule has 3 N–H and O–H groups in total. The van der Waals surface area contributed by atoms with E-state index < -0.39 is 17.8 Å². The van der Waals surface area contributed by atoms with Crippen molar-refractivity contribution in [3.8, 4) is 0 Å². The van der Waals surface area contributed by atoms with Crippen LogP contribution >= 0.6 is 0 Å². The number of hydrogen-bond acceptors (Lipinski definition) is 5. The Bertz CT molecular complexity index is 1010. The van der Waals surface area contributed by atoms with E-state index in [0.717, 1.165) is 49.8 Å². The fourth-order valence-electron chi connectivity index (χ4n) is 3.91. The second-order valence-corrected chi connectivity index (χ2v) is 7.95. The Hall–Kier alpha value is -2.55. The molecule has 0 fully saturated rings. The lowest BCUT2D eigenvalue weighted by Crippen LogP contribution is -2.26. The molecule has 156 valence electrons. The zero-order valence-corrected chi connectivity index (χ0v) is 16.7. The molecule has 0 saturated heterocycles. The molecule has 2 aliphatic heterocycles. The maximum absolute atomic E-state index is 13.2. The Kier molecular flexibility index (Phi) is 4.80. The van der Waals surface area contributed by atoms with Gasteiger partial charge in [-0.3, -0.25) is 9.89 Å². The van der Waals surface area contributed by atoms with Crippen molar-refractivity contribution in [2.24, 2.45) is 4.99 Å². The number of anilines is 2. The first-order valence-corrected chi connectivity index (χ1v) is 9.75. The third kappa shape index (κ3) is 3.71. The van der Waals surface area contributed by atoms with Crippen LogP contribution in [0.5, 0.6) is 0 Å². The third-order valence-electron chi connectivity index (χ3n) is 5.58. The van der Waals surface area contributed by atoms with Gasteiger partial charge in [-0.1, -0.05) is 0 Å². The number of aromatic nitrogens is 2. The van der Waals surface area contributed by atoms with Crippen LogP contribution in [-0.4, -0.2) is 27.0 Å². The summed E-state index contributed by atoms with van der Waals surface area (Å²) in [5, 5.41) is 3.27. The first-order valence-electron chi connectivity index (χ1n) is 9.75. The van der Waals surface area contributed by atoms with Crippen molar-refractivity contribution >= 4 is 11.6 Å². The minimum absolute atomic E-state index is 0.0761. The van der Waals surface area contributed by atoms with E-state index >= 15 is 0 Å². The molecule has 4 rings (SSSR count). The Morgan fingerprint density at radius 2 is 1.93 bits per heavy atom. The number of benzene rings is 1. The molecule has 0 spiro atoms. The Balaban J connectivity index is 1.79. The van der Waals surface area contributed by atoms with Crippen LogP contribution in [0.15, 0.2) is 23.2 Å². The maximum Gasteiger partial charge on any atom is 0.416 e. The van der Waals surface area contributed by atoms with Gasteiger partial charge in [0, 0.05) is 49.2 Å². The van der Waals surface area contributed by atoms with E-state index in [9.17, 15) is 13.2 Å². The van der Waals surface area contributed by atoms with E-state index in [1.807, 2.05) is 0 Å². The summed E-state index contributed by atoms with van der Waals surface area (Å²) < 4.78 is 41.7. The Labute approximate surface area is 167 Å². The summed E-state index contributed by atoms with van der Waals surface area (Å²) in [7, 11) is 0. The largest absolute Gasteiger partial charge is 0.416 e. The summed E-state index contributed by atoms with van der Waals surface area (Å²) >= 11 is 0. The zero-order chi connectivity index (χ0) is 20.9. The van der Waals surface area contributed by atoms with Crippen molar-refractivity contribution in [2.45, 2.75) is 58.7 Å². The lowest BCUT2D eigenvalue weighted by molar-refractivity contribution is -0.137. The molecule has 2 aromatic rings. The topological polar surface area (TPSA) is 71.5 Å². The van der Waals surface area contributed by atoms with E-state index in [4.69, 9.17) is 10.7 Å². The molecule has 3 heterocycles. The van der Waals surface area contributed by atoms with Gasteiger partial charge in [-0.2, -0.15) is 18.2 Å². The van der Waals surface area contributed by atoms with Crippen LogP contribution in [0.1, 0.15) is 49.2 Å². The van der Waals surface area contributed by atoms with Crippen LogP contribution < -0.4 is 16.5 Å². The number of nitrogens with two attached hydrogens (primary N) is 1. The van der Waals surface area contributed by atoms with Crippen molar-refractivity contribution < 1.29 is 13.2 Å². The quantitative estimate of drug-likeness (QED) is 0.768. The lowest BCUT2D eigenvalue weighted by Gasteiger charge is -2.19. The van der Waals surface area contributed by atoms with Gasteiger partial charge in [-0.25, -0.2) is 0 Å². The molecule has 1 atom stereocenters. The molecular formula is C20H25F3N6. The fourth-order valence-corrected chi connectivity index (χ4v) is 3.91. The predicted octanol–water partition coefficient (Wildman–Crippen LogP) is 3.30. The molecule has 0 saturated carbocycles. The smallest absolute Gasteiger partial charge is 0.399 e.